The Balaban J connectivity index is 1.71. The molecule has 0 aromatic rings. The molecule has 0 saturated heterocycles. The first kappa shape index (κ1) is 18.9. The summed E-state index contributed by atoms with van der Waals surface area (Å²) in [5.74, 6) is 0.779. The Morgan fingerprint density at radius 1 is 1.08 bits per heavy atom. The van der Waals surface area contributed by atoms with Crippen LogP contribution in [0.3, 0.4) is 0 Å². The third-order valence-corrected chi connectivity index (χ3v) is 9.36. The maximum absolute atomic E-state index is 13.0. The molecule has 26 heavy (non-hydrogen) atoms. The van der Waals surface area contributed by atoms with Crippen molar-refractivity contribution in [3.63, 3.8) is 0 Å². The van der Waals surface area contributed by atoms with Gasteiger partial charge in [0.15, 0.2) is 0 Å². The van der Waals surface area contributed by atoms with Crippen molar-refractivity contribution >= 4 is 5.78 Å². The second kappa shape index (κ2) is 5.76. The molecule has 0 radical (unpaired) electrons. The summed E-state index contributed by atoms with van der Waals surface area (Å²) in [6.07, 6.45) is 2.50. The van der Waals surface area contributed by atoms with E-state index in [-0.39, 0.29) is 35.1 Å². The lowest BCUT2D eigenvalue weighted by Gasteiger charge is -2.61. The molecule has 4 fully saturated rings. The number of fused-ring (bicyclic) bond motifs is 5. The van der Waals surface area contributed by atoms with Crippen molar-refractivity contribution in [3.8, 4) is 0 Å². The number of hydrogen-bond acceptors (Lipinski definition) is 5. The lowest BCUT2D eigenvalue weighted by molar-refractivity contribution is -0.207. The van der Waals surface area contributed by atoms with Crippen molar-refractivity contribution in [2.75, 3.05) is 0 Å². The van der Waals surface area contributed by atoms with E-state index in [1.165, 1.54) is 0 Å². The van der Waals surface area contributed by atoms with Crippen molar-refractivity contribution < 1.29 is 25.2 Å². The molecule has 0 amide bonds. The van der Waals surface area contributed by atoms with Gasteiger partial charge in [-0.1, -0.05) is 13.8 Å². The van der Waals surface area contributed by atoms with Crippen molar-refractivity contribution in [3.05, 3.63) is 0 Å². The van der Waals surface area contributed by atoms with E-state index in [1.807, 2.05) is 6.92 Å². The average molecular weight is 366 g/mol. The lowest BCUT2D eigenvalue weighted by atomic mass is 9.44. The standard InChI is InChI=1S/C21H34O5/c1-11(22)21(26)18(25)10-15-13-9-17(24)16-8-12(23)4-6-19(16,2)14(13)5-7-20(15,21)3/h11-16,18,22-23,25-26H,4-10H2,1-3H3/t11-,12+,13+,14-,15-,16?,18-,19+,20-,21+/m0/s1. The first-order valence-corrected chi connectivity index (χ1v) is 10.3. The third-order valence-electron chi connectivity index (χ3n) is 9.36. The van der Waals surface area contributed by atoms with Gasteiger partial charge in [0.05, 0.1) is 18.3 Å². The van der Waals surface area contributed by atoms with E-state index in [0.29, 0.717) is 25.2 Å². The molecule has 0 bridgehead atoms. The maximum atomic E-state index is 13.0. The van der Waals surface area contributed by atoms with Crippen LogP contribution in [0.1, 0.15) is 65.7 Å². The van der Waals surface area contributed by atoms with Crippen molar-refractivity contribution in [1.82, 2.24) is 0 Å². The van der Waals surface area contributed by atoms with Crippen LogP contribution < -0.4 is 0 Å². The van der Waals surface area contributed by atoms with Crippen LogP contribution in [-0.4, -0.2) is 50.1 Å². The minimum Gasteiger partial charge on any atom is -0.393 e. The number of aliphatic hydroxyl groups excluding tert-OH is 3. The van der Waals surface area contributed by atoms with Gasteiger partial charge in [0, 0.05) is 17.8 Å². The second-order valence-electron chi connectivity index (χ2n) is 10.2. The molecule has 0 aromatic carbocycles. The van der Waals surface area contributed by atoms with E-state index in [0.717, 1.165) is 25.7 Å². The molecule has 148 valence electrons. The van der Waals surface area contributed by atoms with Gasteiger partial charge >= 0.3 is 0 Å². The van der Waals surface area contributed by atoms with Gasteiger partial charge in [0.1, 0.15) is 11.4 Å². The van der Waals surface area contributed by atoms with Crippen molar-refractivity contribution in [2.45, 2.75) is 89.6 Å². The van der Waals surface area contributed by atoms with Crippen LogP contribution in [-0.2, 0) is 4.79 Å². The molecule has 4 aliphatic rings. The highest BCUT2D eigenvalue weighted by Gasteiger charge is 2.69. The van der Waals surface area contributed by atoms with Crippen molar-refractivity contribution in [2.24, 2.45) is 34.5 Å². The number of carbonyl (C=O) groups is 1. The molecule has 4 aliphatic carbocycles. The first-order chi connectivity index (χ1) is 12.1. The van der Waals surface area contributed by atoms with Crippen LogP contribution in [0.4, 0.5) is 0 Å². The highest BCUT2D eigenvalue weighted by atomic mass is 16.4. The fraction of sp³-hybridized carbons (Fsp3) is 0.952. The van der Waals surface area contributed by atoms with Crippen LogP contribution in [0.15, 0.2) is 0 Å². The zero-order valence-electron chi connectivity index (χ0n) is 16.2. The maximum Gasteiger partial charge on any atom is 0.136 e. The first-order valence-electron chi connectivity index (χ1n) is 10.3. The zero-order chi connectivity index (χ0) is 19.1. The van der Waals surface area contributed by atoms with Gasteiger partial charge in [-0.3, -0.25) is 4.79 Å². The van der Waals surface area contributed by atoms with Gasteiger partial charge in [0.25, 0.3) is 0 Å². The summed E-state index contributed by atoms with van der Waals surface area (Å²) in [7, 11) is 0. The zero-order valence-corrected chi connectivity index (χ0v) is 16.2. The van der Waals surface area contributed by atoms with E-state index in [2.05, 4.69) is 6.92 Å². The molecular weight excluding hydrogens is 332 g/mol. The topological polar surface area (TPSA) is 98.0 Å². The fourth-order valence-corrected chi connectivity index (χ4v) is 7.83. The Bertz CT molecular complexity index is 605. The molecule has 0 aromatic heterocycles. The largest absolute Gasteiger partial charge is 0.393 e. The summed E-state index contributed by atoms with van der Waals surface area (Å²) in [5.41, 5.74) is -2.16. The van der Waals surface area contributed by atoms with Crippen LogP contribution in [0.2, 0.25) is 0 Å². The predicted molar refractivity (Wildman–Crippen MR) is 96.1 cm³/mol. The predicted octanol–water partition coefficient (Wildman–Crippen LogP) is 1.65. The van der Waals surface area contributed by atoms with Gasteiger partial charge in [-0.05, 0) is 68.6 Å². The smallest absolute Gasteiger partial charge is 0.136 e. The van der Waals surface area contributed by atoms with Gasteiger partial charge < -0.3 is 20.4 Å². The van der Waals surface area contributed by atoms with E-state index in [1.54, 1.807) is 6.92 Å². The monoisotopic (exact) mass is 366 g/mol. The molecule has 4 N–H and O–H groups in total. The van der Waals surface area contributed by atoms with Gasteiger partial charge in [-0.25, -0.2) is 0 Å². The Labute approximate surface area is 155 Å². The molecule has 5 heteroatoms. The highest BCUT2D eigenvalue weighted by Crippen LogP contribution is 2.68. The third kappa shape index (κ3) is 2.15. The van der Waals surface area contributed by atoms with Crippen LogP contribution in [0, 0.1) is 34.5 Å². The molecule has 4 rings (SSSR count). The van der Waals surface area contributed by atoms with E-state index in [9.17, 15) is 25.2 Å². The SMILES string of the molecule is C[C@H](O)[C@@]1(O)[C@@H](O)C[C@H]2[C@@H]3CC(=O)C4C[C@H](O)CC[C@]4(C)[C@H]3CC[C@@]21C. The van der Waals surface area contributed by atoms with Crippen LogP contribution in [0.5, 0.6) is 0 Å². The summed E-state index contributed by atoms with van der Waals surface area (Å²) >= 11 is 0. The Morgan fingerprint density at radius 2 is 1.77 bits per heavy atom. The number of rotatable bonds is 1. The number of ketones is 1. The minimum absolute atomic E-state index is 0.0458. The number of hydrogen-bond donors (Lipinski definition) is 4. The van der Waals surface area contributed by atoms with Gasteiger partial charge in [-0.2, -0.15) is 0 Å². The van der Waals surface area contributed by atoms with Gasteiger partial charge in [0.2, 0.25) is 0 Å². The Hall–Kier alpha value is -0.490. The quantitative estimate of drug-likeness (QED) is 0.566. The molecule has 4 saturated carbocycles. The fourth-order valence-electron chi connectivity index (χ4n) is 7.83. The van der Waals surface area contributed by atoms with E-state index >= 15 is 0 Å². The Kier molecular flexibility index (Phi) is 4.17. The summed E-state index contributed by atoms with van der Waals surface area (Å²) in [5, 5.41) is 42.3. The summed E-state index contributed by atoms with van der Waals surface area (Å²) in [6.45, 7) is 5.79. The molecule has 1 unspecified atom stereocenters. The normalized spacial score (nSPS) is 57.9. The number of Topliss-reactive ketones (excluding diaryl/α,β-unsaturated/α-hetero) is 1. The summed E-state index contributed by atoms with van der Waals surface area (Å²) in [6, 6.07) is 0. The molecule has 5 nitrogen and oxygen atoms in total. The van der Waals surface area contributed by atoms with Gasteiger partial charge in [-0.15, -0.1) is 0 Å². The molecule has 0 aliphatic heterocycles. The van der Waals surface area contributed by atoms with E-state index < -0.39 is 23.2 Å². The second-order valence-corrected chi connectivity index (χ2v) is 10.2. The number of aliphatic hydroxyl groups is 4. The molecule has 10 atom stereocenters. The number of carbonyl (C=O) groups excluding carboxylic acids is 1. The summed E-state index contributed by atoms with van der Waals surface area (Å²) in [4.78, 5) is 13.0. The van der Waals surface area contributed by atoms with Crippen LogP contribution in [0.25, 0.3) is 0 Å². The molecule has 0 heterocycles. The lowest BCUT2D eigenvalue weighted by Crippen LogP contribution is -2.62. The molecule has 0 spiro atoms. The Morgan fingerprint density at radius 3 is 2.42 bits per heavy atom. The average Bonchev–Trinajstić information content (AvgIpc) is 2.78. The van der Waals surface area contributed by atoms with Crippen LogP contribution >= 0.6 is 0 Å². The molecular formula is C21H34O5. The summed E-state index contributed by atoms with van der Waals surface area (Å²) < 4.78 is 0. The van der Waals surface area contributed by atoms with E-state index in [4.69, 9.17) is 0 Å². The minimum atomic E-state index is -1.51. The highest BCUT2D eigenvalue weighted by molar-refractivity contribution is 5.83. The van der Waals surface area contributed by atoms with Crippen molar-refractivity contribution in [1.29, 1.82) is 0 Å².